The van der Waals surface area contributed by atoms with Gasteiger partial charge in [-0.25, -0.2) is 0 Å². The summed E-state index contributed by atoms with van der Waals surface area (Å²) in [6.07, 6.45) is 0. The topological polar surface area (TPSA) is 29.5 Å². The number of benzene rings is 3. The fourth-order valence-electron chi connectivity index (χ4n) is 3.43. The smallest absolute Gasteiger partial charge is 0.259 e. The second-order valence-electron chi connectivity index (χ2n) is 6.23. The van der Waals surface area contributed by atoms with Crippen molar-refractivity contribution in [3.63, 3.8) is 0 Å². The van der Waals surface area contributed by atoms with E-state index in [1.807, 2.05) is 78.9 Å². The molecule has 0 atom stereocenters. The third kappa shape index (κ3) is 2.58. The van der Waals surface area contributed by atoms with Crippen molar-refractivity contribution in [2.24, 2.45) is 0 Å². The molecule has 0 bridgehead atoms. The van der Waals surface area contributed by atoms with E-state index in [2.05, 4.69) is 0 Å². The first-order chi connectivity index (χ1) is 12.7. The summed E-state index contributed by atoms with van der Waals surface area (Å²) in [5, 5.41) is 0. The van der Waals surface area contributed by atoms with Gasteiger partial charge in [-0.3, -0.25) is 4.79 Å². The average Bonchev–Trinajstić information content (AvgIpc) is 2.95. The molecular formula is C23H19NO2. The number of fused-ring (bicyclic) bond motifs is 1. The molecule has 0 aliphatic carbocycles. The maximum Gasteiger partial charge on any atom is 0.259 e. The second-order valence-corrected chi connectivity index (χ2v) is 6.23. The maximum atomic E-state index is 13.2. The van der Waals surface area contributed by atoms with Crippen LogP contribution in [0.2, 0.25) is 0 Å². The lowest BCUT2D eigenvalue weighted by molar-refractivity contribution is -0.112. The van der Waals surface area contributed by atoms with Gasteiger partial charge in [-0.2, -0.15) is 0 Å². The fourth-order valence-corrected chi connectivity index (χ4v) is 3.43. The minimum Gasteiger partial charge on any atom is -0.497 e. The minimum atomic E-state index is -0.00374. The molecule has 1 aliphatic heterocycles. The molecule has 1 amide bonds. The number of ether oxygens (including phenoxy) is 1. The van der Waals surface area contributed by atoms with Crippen molar-refractivity contribution in [1.82, 2.24) is 0 Å². The zero-order valence-corrected chi connectivity index (χ0v) is 14.8. The molecular weight excluding hydrogens is 322 g/mol. The van der Waals surface area contributed by atoms with Crippen molar-refractivity contribution in [3.05, 3.63) is 95.6 Å². The molecule has 0 N–H and O–H groups in total. The summed E-state index contributed by atoms with van der Waals surface area (Å²) >= 11 is 0. The molecule has 0 saturated heterocycles. The molecule has 3 nitrogen and oxygen atoms in total. The molecule has 3 aromatic rings. The Kier molecular flexibility index (Phi) is 4.05. The normalized spacial score (nSPS) is 12.9. The summed E-state index contributed by atoms with van der Waals surface area (Å²) in [7, 11) is 3.44. The molecule has 4 rings (SSSR count). The number of hydrogen-bond donors (Lipinski definition) is 0. The van der Waals surface area contributed by atoms with Crippen molar-refractivity contribution < 1.29 is 9.53 Å². The maximum absolute atomic E-state index is 13.2. The van der Waals surface area contributed by atoms with Crippen LogP contribution in [0.25, 0.3) is 11.1 Å². The number of carbonyl (C=O) groups is 1. The highest BCUT2D eigenvalue weighted by molar-refractivity contribution is 6.38. The molecule has 1 aliphatic rings. The van der Waals surface area contributed by atoms with Gasteiger partial charge in [0.05, 0.1) is 18.4 Å². The third-order valence-electron chi connectivity index (χ3n) is 4.73. The Morgan fingerprint density at radius 2 is 1.42 bits per heavy atom. The van der Waals surface area contributed by atoms with E-state index < -0.39 is 0 Å². The zero-order valence-electron chi connectivity index (χ0n) is 14.8. The van der Waals surface area contributed by atoms with Crippen LogP contribution in [0.3, 0.4) is 0 Å². The highest BCUT2D eigenvalue weighted by atomic mass is 16.5. The van der Waals surface area contributed by atoms with Crippen LogP contribution in [-0.4, -0.2) is 20.1 Å². The first-order valence-electron chi connectivity index (χ1n) is 8.52. The van der Waals surface area contributed by atoms with Gasteiger partial charge in [0.15, 0.2) is 0 Å². The van der Waals surface area contributed by atoms with Gasteiger partial charge in [-0.05, 0) is 23.3 Å². The van der Waals surface area contributed by atoms with Crippen molar-refractivity contribution in [2.45, 2.75) is 0 Å². The lowest BCUT2D eigenvalue weighted by Gasteiger charge is -2.13. The van der Waals surface area contributed by atoms with Crippen LogP contribution in [0.5, 0.6) is 5.75 Å². The number of carbonyl (C=O) groups excluding carboxylic acids is 1. The molecule has 0 radical (unpaired) electrons. The first kappa shape index (κ1) is 16.2. The zero-order chi connectivity index (χ0) is 18.1. The average molecular weight is 341 g/mol. The molecule has 0 saturated carbocycles. The van der Waals surface area contributed by atoms with Crippen LogP contribution >= 0.6 is 0 Å². The van der Waals surface area contributed by atoms with Gasteiger partial charge in [0.25, 0.3) is 5.91 Å². The van der Waals surface area contributed by atoms with E-state index in [9.17, 15) is 4.79 Å². The van der Waals surface area contributed by atoms with Crippen LogP contribution < -0.4 is 9.64 Å². The van der Waals surface area contributed by atoms with Crippen LogP contribution in [0.4, 0.5) is 5.69 Å². The van der Waals surface area contributed by atoms with Gasteiger partial charge in [-0.1, -0.05) is 60.7 Å². The number of methoxy groups -OCH3 is 1. The van der Waals surface area contributed by atoms with Gasteiger partial charge in [0.1, 0.15) is 5.75 Å². The monoisotopic (exact) mass is 341 g/mol. The molecule has 1 heterocycles. The molecule has 0 spiro atoms. The summed E-state index contributed by atoms with van der Waals surface area (Å²) in [6, 6.07) is 25.9. The highest BCUT2D eigenvalue weighted by Gasteiger charge is 2.33. The minimum absolute atomic E-state index is 0.00374. The van der Waals surface area contributed by atoms with Gasteiger partial charge in [0.2, 0.25) is 0 Å². The van der Waals surface area contributed by atoms with Gasteiger partial charge < -0.3 is 9.64 Å². The van der Waals surface area contributed by atoms with Gasteiger partial charge in [-0.15, -0.1) is 0 Å². The third-order valence-corrected chi connectivity index (χ3v) is 4.73. The van der Waals surface area contributed by atoms with Crippen molar-refractivity contribution in [3.8, 4) is 5.75 Å². The number of rotatable bonds is 3. The van der Waals surface area contributed by atoms with Crippen LogP contribution in [0.1, 0.15) is 16.7 Å². The lowest BCUT2D eigenvalue weighted by Crippen LogP contribution is -2.21. The first-order valence-corrected chi connectivity index (χ1v) is 8.52. The van der Waals surface area contributed by atoms with E-state index in [-0.39, 0.29) is 5.91 Å². The second kappa shape index (κ2) is 6.52. The molecule has 0 unspecified atom stereocenters. The van der Waals surface area contributed by atoms with Crippen LogP contribution in [0.15, 0.2) is 78.9 Å². The predicted octanol–water partition coefficient (Wildman–Crippen LogP) is 4.63. The van der Waals surface area contributed by atoms with E-state index in [1.165, 1.54) is 0 Å². The van der Waals surface area contributed by atoms with Crippen molar-refractivity contribution >= 4 is 22.7 Å². The Balaban J connectivity index is 2.04. The lowest BCUT2D eigenvalue weighted by atomic mass is 9.90. The molecule has 128 valence electrons. The Labute approximate surface area is 153 Å². The quantitative estimate of drug-likeness (QED) is 0.650. The molecule has 3 aromatic carbocycles. The van der Waals surface area contributed by atoms with Gasteiger partial charge >= 0.3 is 0 Å². The summed E-state index contributed by atoms with van der Waals surface area (Å²) in [5.41, 5.74) is 5.53. The van der Waals surface area contributed by atoms with E-state index in [0.29, 0.717) is 0 Å². The van der Waals surface area contributed by atoms with E-state index in [0.717, 1.165) is 39.3 Å². The number of nitrogens with zero attached hydrogens (tertiary/aromatic N) is 1. The van der Waals surface area contributed by atoms with E-state index in [1.54, 1.807) is 19.1 Å². The van der Waals surface area contributed by atoms with Crippen molar-refractivity contribution in [2.75, 3.05) is 19.1 Å². The predicted molar refractivity (Wildman–Crippen MR) is 105 cm³/mol. The summed E-state index contributed by atoms with van der Waals surface area (Å²) < 4.78 is 5.33. The number of amides is 1. The Morgan fingerprint density at radius 3 is 1.96 bits per heavy atom. The summed E-state index contributed by atoms with van der Waals surface area (Å²) in [6.45, 7) is 0. The Morgan fingerprint density at radius 1 is 0.846 bits per heavy atom. The summed E-state index contributed by atoms with van der Waals surface area (Å²) in [4.78, 5) is 14.9. The van der Waals surface area contributed by atoms with Crippen LogP contribution in [0, 0.1) is 0 Å². The summed E-state index contributed by atoms with van der Waals surface area (Å²) in [5.74, 6) is 0.738. The van der Waals surface area contributed by atoms with E-state index in [4.69, 9.17) is 4.74 Å². The number of anilines is 1. The van der Waals surface area contributed by atoms with E-state index >= 15 is 0 Å². The Bertz CT molecular complexity index is 950. The number of likely N-dealkylation sites (N-methyl/N-ethyl adjacent to an activating group) is 1. The largest absolute Gasteiger partial charge is 0.497 e. The molecule has 0 fully saturated rings. The van der Waals surface area contributed by atoms with Crippen molar-refractivity contribution in [1.29, 1.82) is 0 Å². The van der Waals surface area contributed by atoms with Crippen LogP contribution in [-0.2, 0) is 4.79 Å². The SMILES string of the molecule is COc1ccc2c(c1)N(C)C(=O)C2=C(c1ccccc1)c1ccccc1. The Hall–Kier alpha value is -3.33. The molecule has 0 aromatic heterocycles. The van der Waals surface area contributed by atoms with Gasteiger partial charge in [0, 0.05) is 24.3 Å². The standard InChI is InChI=1S/C23H19NO2/c1-24-20-15-18(26-2)13-14-19(20)22(23(24)25)21(16-9-5-3-6-10-16)17-11-7-4-8-12-17/h3-15H,1-2H3. The molecule has 26 heavy (non-hydrogen) atoms. The molecule has 3 heteroatoms. The highest BCUT2D eigenvalue weighted by Crippen LogP contribution is 2.43. The fraction of sp³-hybridized carbons (Fsp3) is 0.0870. The number of hydrogen-bond acceptors (Lipinski definition) is 2.